The molecule has 166 valence electrons. The van der Waals surface area contributed by atoms with E-state index < -0.39 is 9.84 Å². The van der Waals surface area contributed by atoms with Crippen LogP contribution in [0.5, 0.6) is 0 Å². The molecule has 0 atom stereocenters. The second kappa shape index (κ2) is 9.81. The largest absolute Gasteiger partial charge is 0.447 e. The van der Waals surface area contributed by atoms with Gasteiger partial charge in [-0.25, -0.2) is 13.2 Å². The second-order valence-corrected chi connectivity index (χ2v) is 10.5. The van der Waals surface area contributed by atoms with Crippen molar-refractivity contribution in [1.82, 2.24) is 4.90 Å². The van der Waals surface area contributed by atoms with Crippen LogP contribution in [0.25, 0.3) is 0 Å². The first-order valence-electron chi connectivity index (χ1n) is 10.7. The van der Waals surface area contributed by atoms with Crippen LogP contribution in [0.1, 0.15) is 63.9 Å². The van der Waals surface area contributed by atoms with Gasteiger partial charge in [0.05, 0.1) is 16.7 Å². The molecular formula is C22H32N2O5S. The normalized spacial score (nSPS) is 20.9. The Balaban J connectivity index is 1.43. The zero-order valence-corrected chi connectivity index (χ0v) is 18.9. The van der Waals surface area contributed by atoms with Crippen molar-refractivity contribution in [2.24, 2.45) is 5.16 Å². The maximum Gasteiger partial charge on any atom is 0.410 e. The number of rotatable bonds is 5. The number of sulfone groups is 1. The lowest BCUT2D eigenvalue weighted by Gasteiger charge is -2.31. The van der Waals surface area contributed by atoms with Crippen LogP contribution in [0.2, 0.25) is 0 Å². The molecule has 8 heteroatoms. The number of nitrogens with zero attached hydrogens (tertiary/aromatic N) is 2. The minimum atomic E-state index is -3.16. The molecule has 1 saturated heterocycles. The van der Waals surface area contributed by atoms with E-state index in [0.29, 0.717) is 23.9 Å². The van der Waals surface area contributed by atoms with Crippen molar-refractivity contribution < 1.29 is 22.8 Å². The number of ether oxygens (including phenoxy) is 1. The molecule has 0 bridgehead atoms. The third-order valence-corrected chi connectivity index (χ3v) is 6.84. The van der Waals surface area contributed by atoms with Gasteiger partial charge in [0.25, 0.3) is 0 Å². The van der Waals surface area contributed by atoms with E-state index in [4.69, 9.17) is 9.57 Å². The van der Waals surface area contributed by atoms with Gasteiger partial charge in [0.2, 0.25) is 0 Å². The smallest absolute Gasteiger partial charge is 0.410 e. The number of benzene rings is 1. The molecule has 1 aromatic carbocycles. The SMILES string of the molecule is CC(C)OC(=O)N1CCC(ON=C2CCC(c3ccc(S(C)(=O)=O)cc3)CC2)CC1. The summed E-state index contributed by atoms with van der Waals surface area (Å²) in [5.41, 5.74) is 2.27. The summed E-state index contributed by atoms with van der Waals surface area (Å²) in [6, 6.07) is 7.25. The van der Waals surface area contributed by atoms with Crippen LogP contribution in [0, 0.1) is 0 Å². The molecule has 2 fully saturated rings. The molecule has 0 spiro atoms. The molecule has 0 radical (unpaired) electrons. The molecule has 1 aromatic rings. The lowest BCUT2D eigenvalue weighted by Crippen LogP contribution is -2.41. The highest BCUT2D eigenvalue weighted by Crippen LogP contribution is 2.32. The van der Waals surface area contributed by atoms with Crippen molar-refractivity contribution in [2.75, 3.05) is 19.3 Å². The monoisotopic (exact) mass is 436 g/mol. The van der Waals surface area contributed by atoms with E-state index in [9.17, 15) is 13.2 Å². The number of hydrogen-bond acceptors (Lipinski definition) is 6. The van der Waals surface area contributed by atoms with Gasteiger partial charge >= 0.3 is 6.09 Å². The summed E-state index contributed by atoms with van der Waals surface area (Å²) in [6.45, 7) is 4.96. The van der Waals surface area contributed by atoms with Gasteiger partial charge in [-0.05, 0) is 63.1 Å². The van der Waals surface area contributed by atoms with E-state index in [1.807, 2.05) is 26.0 Å². The van der Waals surface area contributed by atoms with Crippen LogP contribution >= 0.6 is 0 Å². The van der Waals surface area contributed by atoms with Crippen molar-refractivity contribution >= 4 is 21.6 Å². The van der Waals surface area contributed by atoms with E-state index >= 15 is 0 Å². The number of hydrogen-bond donors (Lipinski definition) is 0. The van der Waals surface area contributed by atoms with Crippen LogP contribution in [0.15, 0.2) is 34.3 Å². The highest BCUT2D eigenvalue weighted by molar-refractivity contribution is 7.90. The van der Waals surface area contributed by atoms with Crippen molar-refractivity contribution in [2.45, 2.75) is 75.4 Å². The Morgan fingerprint density at radius 2 is 1.67 bits per heavy atom. The zero-order valence-electron chi connectivity index (χ0n) is 18.0. The summed E-state index contributed by atoms with van der Waals surface area (Å²) in [4.78, 5) is 19.8. The van der Waals surface area contributed by atoms with Gasteiger partial charge < -0.3 is 14.5 Å². The first-order chi connectivity index (χ1) is 14.2. The average Bonchev–Trinajstić information content (AvgIpc) is 2.72. The second-order valence-electron chi connectivity index (χ2n) is 8.50. The highest BCUT2D eigenvalue weighted by atomic mass is 32.2. The summed E-state index contributed by atoms with van der Waals surface area (Å²) >= 11 is 0. The molecule has 2 aliphatic rings. The fourth-order valence-corrected chi connectivity index (χ4v) is 4.56. The predicted molar refractivity (Wildman–Crippen MR) is 115 cm³/mol. The Bertz CT molecular complexity index is 846. The average molecular weight is 437 g/mol. The Morgan fingerprint density at radius 1 is 1.07 bits per heavy atom. The molecule has 1 aliphatic carbocycles. The van der Waals surface area contributed by atoms with Gasteiger partial charge in [-0.1, -0.05) is 17.3 Å². The number of carbonyl (C=O) groups is 1. The van der Waals surface area contributed by atoms with Crippen molar-refractivity contribution in [3.63, 3.8) is 0 Å². The van der Waals surface area contributed by atoms with Gasteiger partial charge in [0, 0.05) is 32.2 Å². The van der Waals surface area contributed by atoms with Crippen LogP contribution < -0.4 is 0 Å². The Labute approximate surface area is 179 Å². The molecule has 7 nitrogen and oxygen atoms in total. The summed E-state index contributed by atoms with van der Waals surface area (Å²) in [5.74, 6) is 0.424. The van der Waals surface area contributed by atoms with Crippen molar-refractivity contribution in [1.29, 1.82) is 0 Å². The summed E-state index contributed by atoms with van der Waals surface area (Å²) in [6.07, 6.45) is 6.19. The lowest BCUT2D eigenvalue weighted by atomic mass is 9.83. The van der Waals surface area contributed by atoms with Gasteiger partial charge in [0.15, 0.2) is 9.84 Å². The molecule has 0 N–H and O–H groups in total. The highest BCUT2D eigenvalue weighted by Gasteiger charge is 2.26. The van der Waals surface area contributed by atoms with E-state index in [1.54, 1.807) is 17.0 Å². The van der Waals surface area contributed by atoms with E-state index in [-0.39, 0.29) is 18.3 Å². The van der Waals surface area contributed by atoms with Crippen molar-refractivity contribution in [3.05, 3.63) is 29.8 Å². The first-order valence-corrected chi connectivity index (χ1v) is 12.6. The molecular weight excluding hydrogens is 404 g/mol. The predicted octanol–water partition coefficient (Wildman–Crippen LogP) is 4.13. The summed E-state index contributed by atoms with van der Waals surface area (Å²) in [7, 11) is -3.16. The van der Waals surface area contributed by atoms with Gasteiger partial charge in [0.1, 0.15) is 6.10 Å². The topological polar surface area (TPSA) is 85.3 Å². The van der Waals surface area contributed by atoms with Crippen LogP contribution in [-0.2, 0) is 19.4 Å². The van der Waals surface area contributed by atoms with Gasteiger partial charge in [-0.15, -0.1) is 0 Å². The minimum Gasteiger partial charge on any atom is -0.447 e. The number of amides is 1. The van der Waals surface area contributed by atoms with Crippen molar-refractivity contribution in [3.8, 4) is 0 Å². The minimum absolute atomic E-state index is 0.0434. The number of likely N-dealkylation sites (tertiary alicyclic amines) is 1. The summed E-state index contributed by atoms with van der Waals surface area (Å²) in [5, 5.41) is 4.40. The number of oxime groups is 1. The molecule has 30 heavy (non-hydrogen) atoms. The van der Waals surface area contributed by atoms with Gasteiger partial charge in [-0.3, -0.25) is 0 Å². The molecule has 1 amide bonds. The maximum atomic E-state index is 11.9. The van der Waals surface area contributed by atoms with E-state index in [2.05, 4.69) is 5.16 Å². The Morgan fingerprint density at radius 3 is 2.20 bits per heavy atom. The molecule has 0 unspecified atom stereocenters. The lowest BCUT2D eigenvalue weighted by molar-refractivity contribution is 0.00403. The Kier molecular flexibility index (Phi) is 7.39. The standard InChI is InChI=1S/C22H32N2O5S/c1-16(2)28-22(25)24-14-12-20(13-15-24)29-23-19-8-4-17(5-9-19)18-6-10-21(11-7-18)30(3,26)27/h6-7,10-11,16-17,20H,4-5,8-9,12-15H2,1-3H3. The third-order valence-electron chi connectivity index (χ3n) is 5.71. The van der Waals surface area contributed by atoms with Crippen LogP contribution in [-0.4, -0.2) is 56.7 Å². The quantitative estimate of drug-likeness (QED) is 0.648. The van der Waals surface area contributed by atoms with Crippen LogP contribution in [0.4, 0.5) is 4.79 Å². The third kappa shape index (κ3) is 6.20. The zero-order chi connectivity index (χ0) is 21.7. The molecule has 1 aliphatic heterocycles. The number of carbonyl (C=O) groups excluding carboxylic acids is 1. The first kappa shape index (κ1) is 22.6. The molecule has 1 heterocycles. The molecule has 3 rings (SSSR count). The van der Waals surface area contributed by atoms with Gasteiger partial charge in [-0.2, -0.15) is 0 Å². The fraction of sp³-hybridized carbons (Fsp3) is 0.636. The molecule has 1 saturated carbocycles. The summed E-state index contributed by atoms with van der Waals surface area (Å²) < 4.78 is 28.4. The van der Waals surface area contributed by atoms with E-state index in [0.717, 1.165) is 44.2 Å². The maximum absolute atomic E-state index is 11.9. The number of piperidine rings is 1. The Hall–Kier alpha value is -2.09. The fourth-order valence-electron chi connectivity index (χ4n) is 3.93. The van der Waals surface area contributed by atoms with Crippen LogP contribution in [0.3, 0.4) is 0 Å². The molecule has 0 aromatic heterocycles. The van der Waals surface area contributed by atoms with E-state index in [1.165, 1.54) is 11.8 Å².